The second-order valence-corrected chi connectivity index (χ2v) is 4.97. The van der Waals surface area contributed by atoms with Crippen LogP contribution < -0.4 is 5.32 Å². The number of rotatable bonds is 1. The molecule has 3 heteroatoms. The van der Waals surface area contributed by atoms with Crippen molar-refractivity contribution in [1.82, 2.24) is 9.88 Å². The Morgan fingerprint density at radius 3 is 3.06 bits per heavy atom. The molecule has 1 aliphatic rings. The van der Waals surface area contributed by atoms with Crippen molar-refractivity contribution in [3.05, 3.63) is 35.0 Å². The number of fused-ring (bicyclic) bond motifs is 3. The van der Waals surface area contributed by atoms with Gasteiger partial charge in [-0.15, -0.1) is 0 Å². The molecular formula is C14H18N2O. The Labute approximate surface area is 101 Å². The zero-order valence-corrected chi connectivity index (χ0v) is 10.3. The minimum atomic E-state index is 0.203. The highest BCUT2D eigenvalue weighted by atomic mass is 16.3. The molecule has 0 fully saturated rings. The standard InChI is InChI=1S/C14H18N2O/c1-9-3-4-11-12-6-10(8-17)15-7-14(12)16(2)13(11)5-9/h3-5,10,15,17H,6-8H2,1-2H3. The maximum Gasteiger partial charge on any atom is 0.0588 e. The summed E-state index contributed by atoms with van der Waals surface area (Å²) in [6.45, 7) is 3.19. The van der Waals surface area contributed by atoms with Gasteiger partial charge in [0.25, 0.3) is 0 Å². The van der Waals surface area contributed by atoms with E-state index in [1.165, 1.54) is 27.7 Å². The fraction of sp³-hybridized carbons (Fsp3) is 0.429. The molecular weight excluding hydrogens is 212 g/mol. The van der Waals surface area contributed by atoms with Gasteiger partial charge in [0.1, 0.15) is 0 Å². The molecule has 1 aromatic heterocycles. The van der Waals surface area contributed by atoms with Gasteiger partial charge in [-0.25, -0.2) is 0 Å². The van der Waals surface area contributed by atoms with E-state index < -0.39 is 0 Å². The molecule has 2 aromatic rings. The first-order valence-corrected chi connectivity index (χ1v) is 6.11. The van der Waals surface area contributed by atoms with Crippen LogP contribution in [-0.2, 0) is 20.0 Å². The summed E-state index contributed by atoms with van der Waals surface area (Å²) in [6.07, 6.45) is 0.923. The average Bonchev–Trinajstić information content (AvgIpc) is 2.62. The summed E-state index contributed by atoms with van der Waals surface area (Å²) in [5.74, 6) is 0. The Bertz CT molecular complexity index is 571. The number of benzene rings is 1. The lowest BCUT2D eigenvalue weighted by Gasteiger charge is -2.23. The topological polar surface area (TPSA) is 37.2 Å². The summed E-state index contributed by atoms with van der Waals surface area (Å²) in [5, 5.41) is 14.0. The van der Waals surface area contributed by atoms with Crippen molar-refractivity contribution in [2.45, 2.75) is 25.9 Å². The molecule has 1 unspecified atom stereocenters. The minimum Gasteiger partial charge on any atom is -0.395 e. The van der Waals surface area contributed by atoms with Gasteiger partial charge in [0.15, 0.2) is 0 Å². The highest BCUT2D eigenvalue weighted by molar-refractivity contribution is 5.86. The summed E-state index contributed by atoms with van der Waals surface area (Å²) in [4.78, 5) is 0. The lowest BCUT2D eigenvalue weighted by atomic mass is 9.98. The van der Waals surface area contributed by atoms with Crippen LogP contribution >= 0.6 is 0 Å². The molecule has 0 saturated carbocycles. The molecule has 1 aliphatic heterocycles. The van der Waals surface area contributed by atoms with E-state index in [0.29, 0.717) is 0 Å². The normalized spacial score (nSPS) is 19.6. The number of aromatic nitrogens is 1. The molecule has 0 radical (unpaired) electrons. The minimum absolute atomic E-state index is 0.203. The number of nitrogens with zero attached hydrogens (tertiary/aromatic N) is 1. The van der Waals surface area contributed by atoms with Gasteiger partial charge in [-0.05, 0) is 30.5 Å². The third-order valence-electron chi connectivity index (χ3n) is 3.82. The molecule has 0 saturated heterocycles. The van der Waals surface area contributed by atoms with Crippen LogP contribution in [-0.4, -0.2) is 22.3 Å². The van der Waals surface area contributed by atoms with Gasteiger partial charge in [0, 0.05) is 36.2 Å². The van der Waals surface area contributed by atoms with Gasteiger partial charge >= 0.3 is 0 Å². The fourth-order valence-electron chi connectivity index (χ4n) is 2.82. The number of aliphatic hydroxyl groups is 1. The Morgan fingerprint density at radius 1 is 1.47 bits per heavy atom. The third kappa shape index (κ3) is 1.58. The van der Waals surface area contributed by atoms with Gasteiger partial charge in [-0.3, -0.25) is 0 Å². The maximum absolute atomic E-state index is 9.27. The van der Waals surface area contributed by atoms with E-state index in [1.54, 1.807) is 0 Å². The van der Waals surface area contributed by atoms with Crippen molar-refractivity contribution < 1.29 is 5.11 Å². The Morgan fingerprint density at radius 2 is 2.29 bits per heavy atom. The molecule has 1 atom stereocenters. The molecule has 2 N–H and O–H groups in total. The molecule has 0 bridgehead atoms. The molecule has 3 nitrogen and oxygen atoms in total. The monoisotopic (exact) mass is 230 g/mol. The van der Waals surface area contributed by atoms with Crippen molar-refractivity contribution in [2.24, 2.45) is 7.05 Å². The molecule has 0 amide bonds. The average molecular weight is 230 g/mol. The van der Waals surface area contributed by atoms with Crippen LogP contribution in [0.15, 0.2) is 18.2 Å². The lowest BCUT2D eigenvalue weighted by molar-refractivity contribution is 0.235. The first kappa shape index (κ1) is 10.8. The fourth-order valence-corrected chi connectivity index (χ4v) is 2.82. The van der Waals surface area contributed by atoms with Gasteiger partial charge in [-0.2, -0.15) is 0 Å². The predicted octanol–water partition coefficient (Wildman–Crippen LogP) is 1.49. The number of hydrogen-bond donors (Lipinski definition) is 2. The quantitative estimate of drug-likeness (QED) is 0.779. The number of nitrogens with one attached hydrogen (secondary N) is 1. The van der Waals surface area contributed by atoms with E-state index in [2.05, 4.69) is 42.1 Å². The van der Waals surface area contributed by atoms with E-state index in [9.17, 15) is 5.11 Å². The Kier molecular flexibility index (Phi) is 2.45. The lowest BCUT2D eigenvalue weighted by Crippen LogP contribution is -2.38. The van der Waals surface area contributed by atoms with Crippen molar-refractivity contribution in [3.63, 3.8) is 0 Å². The molecule has 3 rings (SSSR count). The summed E-state index contributed by atoms with van der Waals surface area (Å²) in [6, 6.07) is 6.82. The molecule has 17 heavy (non-hydrogen) atoms. The van der Waals surface area contributed by atoms with E-state index in [-0.39, 0.29) is 12.6 Å². The molecule has 90 valence electrons. The second kappa shape index (κ2) is 3.86. The zero-order valence-electron chi connectivity index (χ0n) is 10.3. The largest absolute Gasteiger partial charge is 0.395 e. The van der Waals surface area contributed by atoms with E-state index >= 15 is 0 Å². The van der Waals surface area contributed by atoms with Crippen molar-refractivity contribution in [3.8, 4) is 0 Å². The van der Waals surface area contributed by atoms with E-state index in [1.807, 2.05) is 0 Å². The molecule has 2 heterocycles. The van der Waals surface area contributed by atoms with Gasteiger partial charge in [0.2, 0.25) is 0 Å². The summed E-state index contributed by atoms with van der Waals surface area (Å²) in [7, 11) is 2.13. The SMILES string of the molecule is Cc1ccc2c3c(n(C)c2c1)CNC(CO)C3. The number of hydrogen-bond acceptors (Lipinski definition) is 2. The van der Waals surface area contributed by atoms with Crippen LogP contribution in [0.3, 0.4) is 0 Å². The van der Waals surface area contributed by atoms with Gasteiger partial charge < -0.3 is 15.0 Å². The van der Waals surface area contributed by atoms with E-state index in [0.717, 1.165) is 13.0 Å². The zero-order chi connectivity index (χ0) is 12.0. The molecule has 0 spiro atoms. The van der Waals surface area contributed by atoms with Gasteiger partial charge in [-0.1, -0.05) is 12.1 Å². The van der Waals surface area contributed by atoms with Gasteiger partial charge in [0.05, 0.1) is 6.61 Å². The summed E-state index contributed by atoms with van der Waals surface area (Å²) in [5.41, 5.74) is 5.35. The van der Waals surface area contributed by atoms with Crippen LogP contribution in [0, 0.1) is 6.92 Å². The Balaban J connectivity index is 2.22. The van der Waals surface area contributed by atoms with Crippen molar-refractivity contribution in [2.75, 3.05) is 6.61 Å². The Hall–Kier alpha value is -1.32. The number of aliphatic hydroxyl groups excluding tert-OH is 1. The van der Waals surface area contributed by atoms with Crippen LogP contribution in [0.4, 0.5) is 0 Å². The van der Waals surface area contributed by atoms with E-state index in [4.69, 9.17) is 0 Å². The number of aryl methyl sites for hydroxylation is 2. The highest BCUT2D eigenvalue weighted by Crippen LogP contribution is 2.29. The molecule has 1 aromatic carbocycles. The van der Waals surface area contributed by atoms with Crippen LogP contribution in [0.25, 0.3) is 10.9 Å². The van der Waals surface area contributed by atoms with Crippen molar-refractivity contribution in [1.29, 1.82) is 0 Å². The third-order valence-corrected chi connectivity index (χ3v) is 3.82. The summed E-state index contributed by atoms with van der Waals surface area (Å²) < 4.78 is 2.28. The maximum atomic E-state index is 9.27. The van der Waals surface area contributed by atoms with Crippen LogP contribution in [0.2, 0.25) is 0 Å². The van der Waals surface area contributed by atoms with Crippen LogP contribution in [0.1, 0.15) is 16.8 Å². The first-order chi connectivity index (χ1) is 8.20. The summed E-state index contributed by atoms with van der Waals surface area (Å²) >= 11 is 0. The second-order valence-electron chi connectivity index (χ2n) is 4.97. The van der Waals surface area contributed by atoms with Crippen LogP contribution in [0.5, 0.6) is 0 Å². The van der Waals surface area contributed by atoms with Crippen molar-refractivity contribution >= 4 is 10.9 Å². The molecule has 0 aliphatic carbocycles. The predicted molar refractivity (Wildman–Crippen MR) is 69.1 cm³/mol. The highest BCUT2D eigenvalue weighted by Gasteiger charge is 2.23. The smallest absolute Gasteiger partial charge is 0.0588 e. The first-order valence-electron chi connectivity index (χ1n) is 6.11.